The van der Waals surface area contributed by atoms with Crippen molar-refractivity contribution in [2.24, 2.45) is 5.92 Å². The summed E-state index contributed by atoms with van der Waals surface area (Å²) in [4.78, 5) is 11.2. The maximum atomic E-state index is 12.3. The van der Waals surface area contributed by atoms with Gasteiger partial charge in [-0.3, -0.25) is 0 Å². The van der Waals surface area contributed by atoms with E-state index < -0.39 is 21.7 Å². The molecule has 0 amide bonds. The third-order valence-corrected chi connectivity index (χ3v) is 4.70. The van der Waals surface area contributed by atoms with Crippen LogP contribution in [0.3, 0.4) is 0 Å². The highest BCUT2D eigenvalue weighted by molar-refractivity contribution is 7.89. The van der Waals surface area contributed by atoms with Gasteiger partial charge in [0.15, 0.2) is 0 Å². The van der Waals surface area contributed by atoms with E-state index in [9.17, 15) is 18.3 Å². The molecule has 1 heterocycles. The SMILES string of the molecule is CC(C)[C@@H](CO)NS(=O)(=O)c1ccc2oc(=O)ccc2c1. The zero-order valence-electron chi connectivity index (χ0n) is 11.7. The van der Waals surface area contributed by atoms with Crippen LogP contribution in [0.1, 0.15) is 13.8 Å². The van der Waals surface area contributed by atoms with Gasteiger partial charge < -0.3 is 9.52 Å². The minimum absolute atomic E-state index is 0.0387. The van der Waals surface area contributed by atoms with Crippen LogP contribution in [0.25, 0.3) is 11.0 Å². The van der Waals surface area contributed by atoms with Crippen molar-refractivity contribution in [1.82, 2.24) is 4.72 Å². The number of rotatable bonds is 5. The summed E-state index contributed by atoms with van der Waals surface area (Å²) in [5, 5.41) is 9.75. The number of fused-ring (bicyclic) bond motifs is 1. The van der Waals surface area contributed by atoms with Gasteiger partial charge in [0.05, 0.1) is 11.5 Å². The fraction of sp³-hybridized carbons (Fsp3) is 0.357. The maximum Gasteiger partial charge on any atom is 0.336 e. The van der Waals surface area contributed by atoms with E-state index in [1.54, 1.807) is 0 Å². The van der Waals surface area contributed by atoms with E-state index in [-0.39, 0.29) is 17.4 Å². The van der Waals surface area contributed by atoms with Crippen LogP contribution >= 0.6 is 0 Å². The van der Waals surface area contributed by atoms with Crippen molar-refractivity contribution < 1.29 is 17.9 Å². The quantitative estimate of drug-likeness (QED) is 0.806. The number of aliphatic hydroxyl groups is 1. The highest BCUT2D eigenvalue weighted by atomic mass is 32.2. The Morgan fingerprint density at radius 3 is 2.57 bits per heavy atom. The Morgan fingerprint density at radius 2 is 1.95 bits per heavy atom. The predicted molar refractivity (Wildman–Crippen MR) is 78.5 cm³/mol. The molecule has 2 aromatic rings. The Balaban J connectivity index is 2.40. The lowest BCUT2D eigenvalue weighted by molar-refractivity contribution is 0.227. The molecule has 2 rings (SSSR count). The number of hydrogen-bond acceptors (Lipinski definition) is 5. The largest absolute Gasteiger partial charge is 0.423 e. The van der Waals surface area contributed by atoms with E-state index in [0.29, 0.717) is 11.0 Å². The highest BCUT2D eigenvalue weighted by Crippen LogP contribution is 2.18. The molecular formula is C14H17NO5S. The highest BCUT2D eigenvalue weighted by Gasteiger charge is 2.22. The monoisotopic (exact) mass is 311 g/mol. The van der Waals surface area contributed by atoms with Crippen molar-refractivity contribution in [3.8, 4) is 0 Å². The molecule has 0 radical (unpaired) electrons. The van der Waals surface area contributed by atoms with E-state index in [0.717, 1.165) is 0 Å². The molecule has 0 aliphatic carbocycles. The first-order valence-electron chi connectivity index (χ1n) is 6.50. The molecule has 114 valence electrons. The van der Waals surface area contributed by atoms with Gasteiger partial charge in [-0.15, -0.1) is 0 Å². The summed E-state index contributed by atoms with van der Waals surface area (Å²) in [6, 6.07) is 6.41. The zero-order chi connectivity index (χ0) is 15.6. The van der Waals surface area contributed by atoms with Crippen molar-refractivity contribution in [1.29, 1.82) is 0 Å². The van der Waals surface area contributed by atoms with Gasteiger partial charge >= 0.3 is 5.63 Å². The van der Waals surface area contributed by atoms with Crippen LogP contribution in [-0.4, -0.2) is 26.2 Å². The Labute approximate surface area is 122 Å². The Hall–Kier alpha value is -1.70. The summed E-state index contributed by atoms with van der Waals surface area (Å²) in [5.74, 6) is -0.0387. The molecule has 1 aromatic carbocycles. The first-order chi connectivity index (χ1) is 9.83. The number of sulfonamides is 1. The second-order valence-corrected chi connectivity index (χ2v) is 6.82. The van der Waals surface area contributed by atoms with Gasteiger partial charge in [-0.25, -0.2) is 17.9 Å². The first-order valence-corrected chi connectivity index (χ1v) is 7.99. The van der Waals surface area contributed by atoms with Crippen LogP contribution in [0.4, 0.5) is 0 Å². The molecular weight excluding hydrogens is 294 g/mol. The number of nitrogens with one attached hydrogen (secondary N) is 1. The molecule has 0 fully saturated rings. The number of aliphatic hydroxyl groups excluding tert-OH is 1. The second kappa shape index (κ2) is 5.97. The minimum Gasteiger partial charge on any atom is -0.423 e. The lowest BCUT2D eigenvalue weighted by Crippen LogP contribution is -2.41. The third-order valence-electron chi connectivity index (χ3n) is 3.21. The van der Waals surface area contributed by atoms with E-state index in [1.807, 2.05) is 13.8 Å². The fourth-order valence-electron chi connectivity index (χ4n) is 1.87. The molecule has 21 heavy (non-hydrogen) atoms. The zero-order valence-corrected chi connectivity index (χ0v) is 12.6. The van der Waals surface area contributed by atoms with Crippen LogP contribution in [0.15, 0.2) is 44.4 Å². The maximum absolute atomic E-state index is 12.3. The summed E-state index contributed by atoms with van der Waals surface area (Å²) in [5.41, 5.74) is -0.166. The van der Waals surface area contributed by atoms with Gasteiger partial charge in [-0.2, -0.15) is 0 Å². The minimum atomic E-state index is -3.75. The molecule has 0 unspecified atom stereocenters. The van der Waals surface area contributed by atoms with E-state index in [4.69, 9.17) is 4.42 Å². The summed E-state index contributed by atoms with van der Waals surface area (Å²) >= 11 is 0. The second-order valence-electron chi connectivity index (χ2n) is 5.11. The standard InChI is InChI=1S/C14H17NO5S/c1-9(2)12(8-16)15-21(18,19)11-4-5-13-10(7-11)3-6-14(17)20-13/h3-7,9,12,15-16H,8H2,1-2H3/t12-/m1/s1. The van der Waals surface area contributed by atoms with Gasteiger partial charge in [0.1, 0.15) is 5.58 Å². The first kappa shape index (κ1) is 15.7. The third kappa shape index (κ3) is 3.49. The Morgan fingerprint density at radius 1 is 1.24 bits per heavy atom. The molecule has 0 aliphatic heterocycles. The van der Waals surface area contributed by atoms with Crippen LogP contribution < -0.4 is 10.3 Å². The molecule has 2 N–H and O–H groups in total. The molecule has 1 atom stereocenters. The Bertz CT molecular complexity index is 794. The molecule has 6 nitrogen and oxygen atoms in total. The molecule has 0 saturated carbocycles. The van der Waals surface area contributed by atoms with Gasteiger partial charge in [0, 0.05) is 17.5 Å². The van der Waals surface area contributed by atoms with Crippen molar-refractivity contribution in [2.75, 3.05) is 6.61 Å². The molecule has 0 saturated heterocycles. The summed E-state index contributed by atoms with van der Waals surface area (Å²) in [6.07, 6.45) is 0. The summed E-state index contributed by atoms with van der Waals surface area (Å²) in [7, 11) is -3.75. The van der Waals surface area contributed by atoms with Crippen molar-refractivity contribution in [3.05, 3.63) is 40.8 Å². The smallest absolute Gasteiger partial charge is 0.336 e. The Kier molecular flexibility index (Phi) is 4.46. The van der Waals surface area contributed by atoms with Gasteiger partial charge in [-0.1, -0.05) is 13.8 Å². The van der Waals surface area contributed by atoms with E-state index in [1.165, 1.54) is 30.3 Å². The summed E-state index contributed by atoms with van der Waals surface area (Å²) < 4.78 is 32.0. The molecule has 0 spiro atoms. The van der Waals surface area contributed by atoms with E-state index >= 15 is 0 Å². The van der Waals surface area contributed by atoms with Crippen molar-refractivity contribution in [3.63, 3.8) is 0 Å². The van der Waals surface area contributed by atoms with Crippen LogP contribution in [0, 0.1) is 5.92 Å². The lowest BCUT2D eigenvalue weighted by Gasteiger charge is -2.19. The molecule has 0 bridgehead atoms. The van der Waals surface area contributed by atoms with Crippen molar-refractivity contribution in [2.45, 2.75) is 24.8 Å². The molecule has 7 heteroatoms. The van der Waals surface area contributed by atoms with Crippen LogP contribution in [0.5, 0.6) is 0 Å². The normalized spacial score (nSPS) is 13.7. The molecule has 0 aliphatic rings. The van der Waals surface area contributed by atoms with Crippen molar-refractivity contribution >= 4 is 21.0 Å². The summed E-state index contributed by atoms with van der Waals surface area (Å²) in [6.45, 7) is 3.36. The van der Waals surface area contributed by atoms with Gasteiger partial charge in [-0.05, 0) is 30.2 Å². The van der Waals surface area contributed by atoms with Crippen LogP contribution in [0.2, 0.25) is 0 Å². The average molecular weight is 311 g/mol. The average Bonchev–Trinajstić information content (AvgIpc) is 2.43. The molecule has 1 aromatic heterocycles. The fourth-order valence-corrected chi connectivity index (χ4v) is 3.28. The number of benzene rings is 1. The number of hydrogen-bond donors (Lipinski definition) is 2. The topological polar surface area (TPSA) is 96.6 Å². The van der Waals surface area contributed by atoms with Crippen LogP contribution in [-0.2, 0) is 10.0 Å². The predicted octanol–water partition coefficient (Wildman–Crippen LogP) is 1.09. The van der Waals surface area contributed by atoms with Gasteiger partial charge in [0.25, 0.3) is 0 Å². The lowest BCUT2D eigenvalue weighted by atomic mass is 10.1. The van der Waals surface area contributed by atoms with E-state index in [2.05, 4.69) is 4.72 Å². The van der Waals surface area contributed by atoms with Gasteiger partial charge in [0.2, 0.25) is 10.0 Å².